The Morgan fingerprint density at radius 3 is 1.40 bits per heavy atom. The minimum atomic E-state index is 0.621. The molecule has 7 heteroatoms. The Balaban J connectivity index is 0.877. The molecule has 7 nitrogen and oxygen atoms in total. The van der Waals surface area contributed by atoms with Crippen LogP contribution in [0.1, 0.15) is 0 Å². The van der Waals surface area contributed by atoms with E-state index >= 15 is 0 Å². The van der Waals surface area contributed by atoms with Crippen molar-refractivity contribution in [3.63, 3.8) is 0 Å². The number of oxazole rings is 1. The van der Waals surface area contributed by atoms with Crippen LogP contribution in [0.2, 0.25) is 0 Å². The fourth-order valence-corrected chi connectivity index (χ4v) is 11.1. The third-order valence-corrected chi connectivity index (χ3v) is 14.6. The van der Waals surface area contributed by atoms with Crippen molar-refractivity contribution in [3.05, 3.63) is 255 Å². The van der Waals surface area contributed by atoms with Crippen LogP contribution in [0.3, 0.4) is 0 Å². The van der Waals surface area contributed by atoms with Crippen molar-refractivity contribution in [1.29, 1.82) is 0 Å². The van der Waals surface area contributed by atoms with Crippen molar-refractivity contribution in [2.24, 2.45) is 0 Å². The summed E-state index contributed by atoms with van der Waals surface area (Å²) in [5.41, 5.74) is 16.4. The molecule has 0 N–H and O–H groups in total. The predicted molar refractivity (Wildman–Crippen MR) is 306 cm³/mol. The van der Waals surface area contributed by atoms with Crippen LogP contribution in [0.5, 0.6) is 0 Å². The molecule has 0 aliphatic carbocycles. The van der Waals surface area contributed by atoms with Crippen LogP contribution in [-0.2, 0) is 0 Å². The third-order valence-electron chi connectivity index (χ3n) is 14.6. The predicted octanol–water partition coefficient (Wildman–Crippen LogP) is 17.4. The molecule has 11 aromatic carbocycles. The molecule has 0 saturated heterocycles. The lowest BCUT2D eigenvalue weighted by Gasteiger charge is -2.16. The van der Waals surface area contributed by atoms with Gasteiger partial charge in [-0.25, -0.2) is 19.9 Å². The number of rotatable bonds is 8. The average molecular weight is 959 g/mol. The molecule has 350 valence electrons. The molecule has 0 aliphatic rings. The van der Waals surface area contributed by atoms with Crippen LogP contribution in [-0.4, -0.2) is 29.1 Å². The quantitative estimate of drug-likeness (QED) is 0.152. The van der Waals surface area contributed by atoms with E-state index in [9.17, 15) is 0 Å². The van der Waals surface area contributed by atoms with Gasteiger partial charge in [-0.3, -0.25) is 0 Å². The standard InChI is InChI=1S/C68H42N6O/c1-4-17-46(18-5-1)65-70-66(47-19-6-2-7-20-47)72-67(71-65)57-41-42-61(52-24-11-10-23-51(52)57)74-60-30-15-13-26-54(60)56-40-39-55-53-25-12-14-29-59(53)73(62(55)63(56)74)49-37-35-44(36-38-49)43-31-33-45(34-32-43)50-27-16-28-58-64(50)75-68(69-58)48-21-8-3-9-22-48/h1-42H. The van der Waals surface area contributed by atoms with Gasteiger partial charge < -0.3 is 13.6 Å². The first-order valence-corrected chi connectivity index (χ1v) is 25.2. The molecule has 0 atom stereocenters. The summed E-state index contributed by atoms with van der Waals surface area (Å²) >= 11 is 0. The highest BCUT2D eigenvalue weighted by Gasteiger charge is 2.24. The van der Waals surface area contributed by atoms with E-state index in [-0.39, 0.29) is 0 Å². The zero-order valence-corrected chi connectivity index (χ0v) is 40.3. The van der Waals surface area contributed by atoms with Crippen LogP contribution >= 0.6 is 0 Å². The average Bonchev–Trinajstić information content (AvgIpc) is 4.20. The first-order chi connectivity index (χ1) is 37.2. The number of nitrogens with zero attached hydrogens (tertiary/aromatic N) is 6. The summed E-state index contributed by atoms with van der Waals surface area (Å²) in [6.45, 7) is 0. The summed E-state index contributed by atoms with van der Waals surface area (Å²) in [7, 11) is 0. The number of hydrogen-bond donors (Lipinski definition) is 0. The molecule has 0 spiro atoms. The lowest BCUT2D eigenvalue weighted by atomic mass is 9.99. The van der Waals surface area contributed by atoms with Crippen molar-refractivity contribution in [2.45, 2.75) is 0 Å². The van der Waals surface area contributed by atoms with Gasteiger partial charge >= 0.3 is 0 Å². The maximum Gasteiger partial charge on any atom is 0.227 e. The highest BCUT2D eigenvalue weighted by atomic mass is 16.3. The molecule has 75 heavy (non-hydrogen) atoms. The molecule has 15 rings (SSSR count). The smallest absolute Gasteiger partial charge is 0.227 e. The van der Waals surface area contributed by atoms with Crippen LogP contribution in [0.15, 0.2) is 259 Å². The van der Waals surface area contributed by atoms with Gasteiger partial charge in [0, 0.05) is 60.4 Å². The van der Waals surface area contributed by atoms with Gasteiger partial charge in [0.15, 0.2) is 23.1 Å². The molecular formula is C68H42N6O. The normalized spacial score (nSPS) is 11.7. The Hall–Kier alpha value is -10.2. The van der Waals surface area contributed by atoms with Crippen LogP contribution in [0.25, 0.3) is 145 Å². The number of para-hydroxylation sites is 3. The van der Waals surface area contributed by atoms with Crippen molar-refractivity contribution in [1.82, 2.24) is 29.1 Å². The van der Waals surface area contributed by atoms with Gasteiger partial charge in [0.05, 0.1) is 27.8 Å². The Kier molecular flexibility index (Phi) is 9.75. The SMILES string of the molecule is c1ccc(-c2nc(-c3ccccc3)nc(-c3ccc(-n4c5ccccc5c5ccc6c7ccccc7n(-c7ccc(-c8ccc(-c9cccc%10nc(-c%11ccccc%11)oc9%10)cc8)cc7)c6c54)c4ccccc34)n2)cc1. The molecule has 0 amide bonds. The van der Waals surface area contributed by atoms with E-state index in [0.717, 1.165) is 99.8 Å². The Bertz CT molecular complexity index is 4620. The minimum absolute atomic E-state index is 0.621. The van der Waals surface area contributed by atoms with Gasteiger partial charge in [-0.15, -0.1) is 0 Å². The van der Waals surface area contributed by atoms with Gasteiger partial charge in [-0.1, -0.05) is 200 Å². The zero-order valence-electron chi connectivity index (χ0n) is 40.3. The first kappa shape index (κ1) is 42.4. The highest BCUT2D eigenvalue weighted by Crippen LogP contribution is 2.44. The maximum atomic E-state index is 6.39. The number of aromatic nitrogens is 6. The number of benzene rings is 11. The second kappa shape index (κ2) is 17.2. The summed E-state index contributed by atoms with van der Waals surface area (Å²) in [4.78, 5) is 20.2. The van der Waals surface area contributed by atoms with E-state index < -0.39 is 0 Å². The monoisotopic (exact) mass is 958 g/mol. The highest BCUT2D eigenvalue weighted by molar-refractivity contribution is 6.24. The number of hydrogen-bond acceptors (Lipinski definition) is 5. The molecule has 0 bridgehead atoms. The second-order valence-corrected chi connectivity index (χ2v) is 18.9. The van der Waals surface area contributed by atoms with Gasteiger partial charge in [0.2, 0.25) is 5.89 Å². The van der Waals surface area contributed by atoms with E-state index in [4.69, 9.17) is 24.4 Å². The molecule has 0 radical (unpaired) electrons. The van der Waals surface area contributed by atoms with E-state index in [2.05, 4.69) is 185 Å². The lowest BCUT2D eigenvalue weighted by Crippen LogP contribution is -2.02. The topological polar surface area (TPSA) is 74.6 Å². The minimum Gasteiger partial charge on any atom is -0.435 e. The van der Waals surface area contributed by atoms with Gasteiger partial charge in [-0.2, -0.15) is 0 Å². The fourth-order valence-electron chi connectivity index (χ4n) is 11.1. The van der Waals surface area contributed by atoms with Crippen LogP contribution in [0, 0.1) is 0 Å². The first-order valence-electron chi connectivity index (χ1n) is 25.2. The lowest BCUT2D eigenvalue weighted by molar-refractivity contribution is 0.621. The summed E-state index contributed by atoms with van der Waals surface area (Å²) < 4.78 is 11.3. The van der Waals surface area contributed by atoms with Gasteiger partial charge in [0.1, 0.15) is 5.52 Å². The molecular weight excluding hydrogens is 917 g/mol. The summed E-state index contributed by atoms with van der Waals surface area (Å²) in [5.74, 6) is 2.50. The van der Waals surface area contributed by atoms with Crippen molar-refractivity contribution in [2.75, 3.05) is 0 Å². The molecule has 4 aromatic heterocycles. The Morgan fingerprint density at radius 1 is 0.280 bits per heavy atom. The molecule has 4 heterocycles. The fraction of sp³-hybridized carbons (Fsp3) is 0. The summed E-state index contributed by atoms with van der Waals surface area (Å²) in [6.07, 6.45) is 0. The molecule has 0 fully saturated rings. The van der Waals surface area contributed by atoms with E-state index in [1.165, 1.54) is 21.5 Å². The van der Waals surface area contributed by atoms with E-state index in [1.807, 2.05) is 78.9 Å². The van der Waals surface area contributed by atoms with Gasteiger partial charge in [-0.05, 0) is 76.7 Å². The third kappa shape index (κ3) is 6.97. The largest absolute Gasteiger partial charge is 0.435 e. The molecule has 15 aromatic rings. The van der Waals surface area contributed by atoms with Gasteiger partial charge in [0.25, 0.3) is 0 Å². The maximum absolute atomic E-state index is 6.39. The molecule has 0 saturated carbocycles. The Labute approximate surface area is 430 Å². The molecule has 0 aliphatic heterocycles. The van der Waals surface area contributed by atoms with Crippen molar-refractivity contribution >= 4 is 65.5 Å². The van der Waals surface area contributed by atoms with E-state index in [1.54, 1.807) is 0 Å². The second-order valence-electron chi connectivity index (χ2n) is 18.9. The van der Waals surface area contributed by atoms with E-state index in [0.29, 0.717) is 23.4 Å². The van der Waals surface area contributed by atoms with Crippen molar-refractivity contribution in [3.8, 4) is 79.2 Å². The van der Waals surface area contributed by atoms with Crippen LogP contribution in [0.4, 0.5) is 0 Å². The Morgan fingerprint density at radius 2 is 0.773 bits per heavy atom. The van der Waals surface area contributed by atoms with Crippen molar-refractivity contribution < 1.29 is 4.42 Å². The molecule has 0 unspecified atom stereocenters. The summed E-state index contributed by atoms with van der Waals surface area (Å²) in [5, 5.41) is 6.89. The zero-order chi connectivity index (χ0) is 49.4. The van der Waals surface area contributed by atoms with Crippen LogP contribution < -0.4 is 0 Å². The summed E-state index contributed by atoms with van der Waals surface area (Å²) in [6, 6.07) is 89.5. The number of fused-ring (bicyclic) bond motifs is 9.